The van der Waals surface area contributed by atoms with E-state index in [0.29, 0.717) is 17.9 Å². The number of anilines is 2. The Morgan fingerprint density at radius 1 is 1.11 bits per heavy atom. The van der Waals surface area contributed by atoms with Crippen LogP contribution in [0.15, 0.2) is 42.5 Å². The lowest BCUT2D eigenvalue weighted by molar-refractivity contribution is -0.119. The van der Waals surface area contributed by atoms with Gasteiger partial charge in [-0.25, -0.2) is 0 Å². The molecule has 0 unspecified atom stereocenters. The lowest BCUT2D eigenvalue weighted by Gasteiger charge is -2.29. The van der Waals surface area contributed by atoms with Gasteiger partial charge in [0.15, 0.2) is 6.61 Å². The molecule has 6 heteroatoms. The molecule has 1 N–H and O–H groups in total. The van der Waals surface area contributed by atoms with E-state index < -0.39 is 0 Å². The third-order valence-electron chi connectivity index (χ3n) is 4.51. The number of aryl methyl sites for hydroxylation is 1. The second kappa shape index (κ2) is 8.58. The molecule has 0 saturated carbocycles. The Morgan fingerprint density at radius 3 is 2.56 bits per heavy atom. The maximum absolute atomic E-state index is 12.2. The van der Waals surface area contributed by atoms with Gasteiger partial charge in [0, 0.05) is 24.3 Å². The normalized spacial score (nSPS) is 12.9. The maximum Gasteiger partial charge on any atom is 0.262 e. The summed E-state index contributed by atoms with van der Waals surface area (Å²) in [7, 11) is 1.60. The zero-order chi connectivity index (χ0) is 19.2. The number of benzene rings is 2. The van der Waals surface area contributed by atoms with Crippen LogP contribution in [0.4, 0.5) is 11.4 Å². The number of rotatable bonds is 6. The molecule has 6 nitrogen and oxygen atoms in total. The summed E-state index contributed by atoms with van der Waals surface area (Å²) in [5, 5.41) is 2.85. The van der Waals surface area contributed by atoms with E-state index in [4.69, 9.17) is 9.47 Å². The molecule has 1 heterocycles. The number of carbonyl (C=O) groups excluding carboxylic acids is 2. The van der Waals surface area contributed by atoms with Gasteiger partial charge >= 0.3 is 0 Å². The number of hydrogen-bond acceptors (Lipinski definition) is 4. The number of ether oxygens (including phenoxy) is 2. The highest BCUT2D eigenvalue weighted by Crippen LogP contribution is 2.30. The number of carbonyl (C=O) groups is 2. The third kappa shape index (κ3) is 4.58. The van der Waals surface area contributed by atoms with Crippen LogP contribution in [0.5, 0.6) is 11.5 Å². The van der Waals surface area contributed by atoms with Gasteiger partial charge in [-0.3, -0.25) is 9.59 Å². The van der Waals surface area contributed by atoms with Crippen molar-refractivity contribution in [2.24, 2.45) is 0 Å². The molecule has 0 fully saturated rings. The SMILES string of the molecule is CCC(=O)N1CCCc2cc(NC(=O)COc3ccc(OC)cc3)ccc21. The number of fused-ring (bicyclic) bond motifs is 1. The standard InChI is InChI=1S/C21H24N2O4/c1-3-21(25)23-12-4-5-15-13-16(6-11-19(15)23)22-20(24)14-27-18-9-7-17(26-2)8-10-18/h6-11,13H,3-5,12,14H2,1-2H3,(H,22,24). The van der Waals surface area contributed by atoms with Gasteiger partial charge in [-0.1, -0.05) is 6.92 Å². The highest BCUT2D eigenvalue weighted by atomic mass is 16.5. The molecule has 1 aliphatic heterocycles. The largest absolute Gasteiger partial charge is 0.497 e. The Bertz CT molecular complexity index is 817. The van der Waals surface area contributed by atoms with Gasteiger partial charge in [0.2, 0.25) is 5.91 Å². The summed E-state index contributed by atoms with van der Waals surface area (Å²) in [5.41, 5.74) is 2.74. The van der Waals surface area contributed by atoms with E-state index >= 15 is 0 Å². The third-order valence-corrected chi connectivity index (χ3v) is 4.51. The summed E-state index contributed by atoms with van der Waals surface area (Å²) in [6.45, 7) is 2.54. The van der Waals surface area contributed by atoms with E-state index in [1.165, 1.54) is 0 Å². The van der Waals surface area contributed by atoms with E-state index in [1.54, 1.807) is 31.4 Å². The zero-order valence-electron chi connectivity index (χ0n) is 15.7. The van der Waals surface area contributed by atoms with E-state index in [9.17, 15) is 9.59 Å². The monoisotopic (exact) mass is 368 g/mol. The van der Waals surface area contributed by atoms with Crippen molar-refractivity contribution in [1.82, 2.24) is 0 Å². The van der Waals surface area contributed by atoms with Crippen molar-refractivity contribution >= 4 is 23.2 Å². The van der Waals surface area contributed by atoms with E-state index in [2.05, 4.69) is 5.32 Å². The van der Waals surface area contributed by atoms with Gasteiger partial charge in [-0.15, -0.1) is 0 Å². The van der Waals surface area contributed by atoms with Gasteiger partial charge in [-0.05, 0) is 60.9 Å². The topological polar surface area (TPSA) is 67.9 Å². The van der Waals surface area contributed by atoms with Crippen molar-refractivity contribution < 1.29 is 19.1 Å². The number of methoxy groups -OCH3 is 1. The van der Waals surface area contributed by atoms with E-state index in [-0.39, 0.29) is 18.4 Å². The van der Waals surface area contributed by atoms with Crippen molar-refractivity contribution in [3.05, 3.63) is 48.0 Å². The van der Waals surface area contributed by atoms with Crippen LogP contribution in [0, 0.1) is 0 Å². The minimum Gasteiger partial charge on any atom is -0.497 e. The van der Waals surface area contributed by atoms with Crippen LogP contribution in [-0.4, -0.2) is 32.1 Å². The predicted octanol–water partition coefficient (Wildman–Crippen LogP) is 3.40. The molecule has 2 aromatic carbocycles. The molecule has 0 aromatic heterocycles. The first-order chi connectivity index (χ1) is 13.1. The average molecular weight is 368 g/mol. The number of hydrogen-bond donors (Lipinski definition) is 1. The Morgan fingerprint density at radius 2 is 1.85 bits per heavy atom. The molecule has 0 spiro atoms. The molecule has 142 valence electrons. The number of nitrogens with one attached hydrogen (secondary N) is 1. The molecule has 27 heavy (non-hydrogen) atoms. The van der Waals surface area contributed by atoms with Crippen molar-refractivity contribution in [3.8, 4) is 11.5 Å². The molecule has 0 aliphatic carbocycles. The maximum atomic E-state index is 12.2. The Kier molecular flexibility index (Phi) is 5.96. The van der Waals surface area contributed by atoms with Crippen molar-refractivity contribution in [2.45, 2.75) is 26.2 Å². The van der Waals surface area contributed by atoms with Gasteiger partial charge < -0.3 is 19.7 Å². The first-order valence-electron chi connectivity index (χ1n) is 9.10. The Hall–Kier alpha value is -3.02. The predicted molar refractivity (Wildman–Crippen MR) is 105 cm³/mol. The summed E-state index contributed by atoms with van der Waals surface area (Å²) in [5.74, 6) is 1.23. The van der Waals surface area contributed by atoms with Crippen LogP contribution in [0.3, 0.4) is 0 Å². The van der Waals surface area contributed by atoms with Crippen molar-refractivity contribution in [3.63, 3.8) is 0 Å². The molecule has 2 aromatic rings. The highest BCUT2D eigenvalue weighted by Gasteiger charge is 2.21. The van der Waals surface area contributed by atoms with Gasteiger partial charge in [0.05, 0.1) is 7.11 Å². The second-order valence-electron chi connectivity index (χ2n) is 6.36. The molecule has 0 radical (unpaired) electrons. The molecule has 0 bridgehead atoms. The molecule has 0 saturated heterocycles. The second-order valence-corrected chi connectivity index (χ2v) is 6.36. The Balaban J connectivity index is 1.60. The fourth-order valence-corrected chi connectivity index (χ4v) is 3.14. The van der Waals surface area contributed by atoms with E-state index in [0.717, 1.165) is 36.4 Å². The highest BCUT2D eigenvalue weighted by molar-refractivity contribution is 5.96. The zero-order valence-corrected chi connectivity index (χ0v) is 15.7. The average Bonchev–Trinajstić information content (AvgIpc) is 2.71. The first-order valence-corrected chi connectivity index (χ1v) is 9.10. The van der Waals surface area contributed by atoms with Crippen LogP contribution in [0.2, 0.25) is 0 Å². The van der Waals surface area contributed by atoms with Gasteiger partial charge in [-0.2, -0.15) is 0 Å². The summed E-state index contributed by atoms with van der Waals surface area (Å²) in [4.78, 5) is 26.1. The lowest BCUT2D eigenvalue weighted by Crippen LogP contribution is -2.34. The minimum atomic E-state index is -0.233. The van der Waals surface area contributed by atoms with Gasteiger partial charge in [0.25, 0.3) is 5.91 Å². The fraction of sp³-hybridized carbons (Fsp3) is 0.333. The number of nitrogens with zero attached hydrogens (tertiary/aromatic N) is 1. The summed E-state index contributed by atoms with van der Waals surface area (Å²) < 4.78 is 10.6. The summed E-state index contributed by atoms with van der Waals surface area (Å²) >= 11 is 0. The molecular weight excluding hydrogens is 344 g/mol. The van der Waals surface area contributed by atoms with Crippen LogP contribution in [0.25, 0.3) is 0 Å². The van der Waals surface area contributed by atoms with Crippen LogP contribution in [-0.2, 0) is 16.0 Å². The van der Waals surface area contributed by atoms with Gasteiger partial charge in [0.1, 0.15) is 11.5 Å². The quantitative estimate of drug-likeness (QED) is 0.849. The van der Waals surface area contributed by atoms with Crippen molar-refractivity contribution in [2.75, 3.05) is 30.5 Å². The smallest absolute Gasteiger partial charge is 0.262 e. The summed E-state index contributed by atoms with van der Waals surface area (Å²) in [6.07, 6.45) is 2.31. The number of amides is 2. The minimum absolute atomic E-state index is 0.0795. The molecule has 1 aliphatic rings. The molecular formula is C21H24N2O4. The molecule has 2 amide bonds. The lowest BCUT2D eigenvalue weighted by atomic mass is 10.0. The Labute approximate surface area is 159 Å². The fourth-order valence-electron chi connectivity index (χ4n) is 3.14. The van der Waals surface area contributed by atoms with Crippen molar-refractivity contribution in [1.29, 1.82) is 0 Å². The van der Waals surface area contributed by atoms with Crippen LogP contribution in [0.1, 0.15) is 25.3 Å². The molecule has 3 rings (SSSR count). The van der Waals surface area contributed by atoms with Crippen LogP contribution < -0.4 is 19.7 Å². The molecule has 0 atom stereocenters. The summed E-state index contributed by atoms with van der Waals surface area (Å²) in [6, 6.07) is 12.7. The van der Waals surface area contributed by atoms with E-state index in [1.807, 2.05) is 30.0 Å². The first kappa shape index (κ1) is 18.8. The van der Waals surface area contributed by atoms with Crippen LogP contribution >= 0.6 is 0 Å².